The number of nitrogens with zero attached hydrogens (tertiary/aromatic N) is 2. The molecule has 2 aromatic rings. The fraction of sp³-hybridized carbons (Fsp3) is 0.250. The van der Waals surface area contributed by atoms with Gasteiger partial charge in [-0.2, -0.15) is 5.10 Å². The fourth-order valence-electron chi connectivity index (χ4n) is 2.56. The standard InChI is InChI=1S/C16H17N3O3S/c1-11-9-12(2)19(18-11)15-5-3-13(4-6-15)16(20)17-14-7-8-23(21,22)10-14/h3-9,14H,10H2,1-2H3,(H,17,20)/t14-/m0/s1. The van der Waals surface area contributed by atoms with Gasteiger partial charge in [-0.25, -0.2) is 13.1 Å². The minimum atomic E-state index is -3.18. The minimum absolute atomic E-state index is 0.0808. The number of benzene rings is 1. The lowest BCUT2D eigenvalue weighted by atomic mass is 10.2. The summed E-state index contributed by atoms with van der Waals surface area (Å²) < 4.78 is 24.5. The first kappa shape index (κ1) is 15.5. The molecule has 0 bridgehead atoms. The highest BCUT2D eigenvalue weighted by molar-refractivity contribution is 7.94. The number of nitrogens with one attached hydrogen (secondary N) is 1. The molecule has 3 rings (SSSR count). The van der Waals surface area contributed by atoms with Crippen LogP contribution < -0.4 is 5.32 Å². The van der Waals surface area contributed by atoms with Crippen LogP contribution in [0.25, 0.3) is 5.69 Å². The summed E-state index contributed by atoms with van der Waals surface area (Å²) in [5.74, 6) is -0.376. The lowest BCUT2D eigenvalue weighted by Crippen LogP contribution is -2.35. The van der Waals surface area contributed by atoms with Crippen molar-refractivity contribution in [1.82, 2.24) is 15.1 Å². The molecule has 6 nitrogen and oxygen atoms in total. The number of sulfone groups is 1. The smallest absolute Gasteiger partial charge is 0.251 e. The molecular formula is C16H17N3O3S. The van der Waals surface area contributed by atoms with Gasteiger partial charge in [0.25, 0.3) is 5.91 Å². The highest BCUT2D eigenvalue weighted by atomic mass is 32.2. The number of amides is 1. The Morgan fingerprint density at radius 1 is 1.26 bits per heavy atom. The summed E-state index contributed by atoms with van der Waals surface area (Å²) in [5, 5.41) is 8.24. The van der Waals surface area contributed by atoms with Crippen LogP contribution in [0.3, 0.4) is 0 Å². The average Bonchev–Trinajstić information content (AvgIpc) is 3.00. The Morgan fingerprint density at radius 2 is 1.96 bits per heavy atom. The first-order valence-corrected chi connectivity index (χ1v) is 8.91. The zero-order valence-electron chi connectivity index (χ0n) is 12.9. The van der Waals surface area contributed by atoms with E-state index in [0.29, 0.717) is 5.56 Å². The predicted octanol–water partition coefficient (Wildman–Crippen LogP) is 1.53. The van der Waals surface area contributed by atoms with Gasteiger partial charge in [-0.15, -0.1) is 0 Å². The van der Waals surface area contributed by atoms with E-state index in [0.717, 1.165) is 22.5 Å². The molecule has 1 atom stereocenters. The summed E-state index contributed by atoms with van der Waals surface area (Å²) >= 11 is 0. The lowest BCUT2D eigenvalue weighted by Gasteiger charge is -2.10. The van der Waals surface area contributed by atoms with Crippen LogP contribution in [0.2, 0.25) is 0 Å². The summed E-state index contributed by atoms with van der Waals surface area (Å²) in [6.07, 6.45) is 1.50. The molecule has 1 amide bonds. The molecule has 0 saturated carbocycles. The molecule has 0 aliphatic carbocycles. The van der Waals surface area contributed by atoms with Crippen molar-refractivity contribution in [3.05, 3.63) is 58.8 Å². The highest BCUT2D eigenvalue weighted by Crippen LogP contribution is 2.14. The molecule has 7 heteroatoms. The number of carbonyl (C=O) groups excluding carboxylic acids is 1. The molecule has 1 N–H and O–H groups in total. The van der Waals surface area contributed by atoms with Gasteiger partial charge in [-0.05, 0) is 50.3 Å². The minimum Gasteiger partial charge on any atom is -0.345 e. The number of aryl methyl sites for hydroxylation is 2. The molecule has 1 aliphatic heterocycles. The lowest BCUT2D eigenvalue weighted by molar-refractivity contribution is 0.0947. The Labute approximate surface area is 134 Å². The van der Waals surface area contributed by atoms with E-state index >= 15 is 0 Å². The second-order valence-corrected chi connectivity index (χ2v) is 7.56. The summed E-state index contributed by atoms with van der Waals surface area (Å²) in [4.78, 5) is 12.2. The molecule has 0 saturated heterocycles. The zero-order chi connectivity index (χ0) is 16.6. The van der Waals surface area contributed by atoms with Crippen LogP contribution in [0, 0.1) is 13.8 Å². The number of rotatable bonds is 3. The van der Waals surface area contributed by atoms with Gasteiger partial charge in [0.05, 0.1) is 23.2 Å². The summed E-state index contributed by atoms with van der Waals surface area (Å²) in [6, 6.07) is 8.55. The topological polar surface area (TPSA) is 81.1 Å². The van der Waals surface area contributed by atoms with Gasteiger partial charge in [0.15, 0.2) is 9.84 Å². The third-order valence-corrected chi connectivity index (χ3v) is 5.03. The van der Waals surface area contributed by atoms with Crippen LogP contribution >= 0.6 is 0 Å². The van der Waals surface area contributed by atoms with E-state index in [9.17, 15) is 13.2 Å². The molecule has 1 aromatic carbocycles. The largest absolute Gasteiger partial charge is 0.345 e. The quantitative estimate of drug-likeness (QED) is 0.925. The second-order valence-electron chi connectivity index (χ2n) is 5.62. The average molecular weight is 331 g/mol. The highest BCUT2D eigenvalue weighted by Gasteiger charge is 2.23. The molecule has 0 spiro atoms. The Balaban J connectivity index is 1.73. The van der Waals surface area contributed by atoms with Gasteiger partial charge < -0.3 is 5.32 Å². The summed E-state index contributed by atoms with van der Waals surface area (Å²) in [6.45, 7) is 3.89. The number of aromatic nitrogens is 2. The Hall–Kier alpha value is -2.41. The summed E-state index contributed by atoms with van der Waals surface area (Å²) in [5.41, 5.74) is 3.29. The van der Waals surface area contributed by atoms with E-state index in [4.69, 9.17) is 0 Å². The Kier molecular flexibility index (Phi) is 3.81. The van der Waals surface area contributed by atoms with Gasteiger partial charge in [-0.3, -0.25) is 4.79 Å². The molecule has 2 heterocycles. The van der Waals surface area contributed by atoms with E-state index in [2.05, 4.69) is 10.4 Å². The van der Waals surface area contributed by atoms with Gasteiger partial charge in [0.2, 0.25) is 0 Å². The molecule has 23 heavy (non-hydrogen) atoms. The van der Waals surface area contributed by atoms with Crippen LogP contribution in [0.15, 0.2) is 41.8 Å². The van der Waals surface area contributed by atoms with Crippen molar-refractivity contribution in [3.63, 3.8) is 0 Å². The first-order valence-electron chi connectivity index (χ1n) is 7.19. The fourth-order valence-corrected chi connectivity index (χ4v) is 3.80. The van der Waals surface area contributed by atoms with E-state index in [1.54, 1.807) is 12.1 Å². The number of hydrogen-bond acceptors (Lipinski definition) is 4. The van der Waals surface area contributed by atoms with Crippen molar-refractivity contribution in [1.29, 1.82) is 0 Å². The molecule has 1 aromatic heterocycles. The van der Waals surface area contributed by atoms with Crippen molar-refractivity contribution < 1.29 is 13.2 Å². The molecule has 120 valence electrons. The normalized spacial score (nSPS) is 19.0. The zero-order valence-corrected chi connectivity index (χ0v) is 13.7. The van der Waals surface area contributed by atoms with Crippen LogP contribution in [0.5, 0.6) is 0 Å². The first-order chi connectivity index (χ1) is 10.8. The molecule has 0 unspecified atom stereocenters. The van der Waals surface area contributed by atoms with Gasteiger partial charge >= 0.3 is 0 Å². The SMILES string of the molecule is Cc1cc(C)n(-c2ccc(C(=O)N[C@H]3C=CS(=O)(=O)C3)cc2)n1. The van der Waals surface area contributed by atoms with Crippen molar-refractivity contribution in [2.45, 2.75) is 19.9 Å². The second kappa shape index (κ2) is 5.66. The molecular weight excluding hydrogens is 314 g/mol. The molecule has 0 radical (unpaired) electrons. The van der Waals surface area contributed by atoms with Crippen molar-refractivity contribution >= 4 is 15.7 Å². The maximum absolute atomic E-state index is 12.2. The van der Waals surface area contributed by atoms with E-state index in [1.807, 2.05) is 36.7 Å². The van der Waals surface area contributed by atoms with Crippen molar-refractivity contribution in [2.75, 3.05) is 5.75 Å². The summed E-state index contributed by atoms with van der Waals surface area (Å²) in [7, 11) is -3.18. The molecule has 0 fully saturated rings. The Bertz CT molecular complexity index is 880. The van der Waals surface area contributed by atoms with Crippen LogP contribution in [0.4, 0.5) is 0 Å². The van der Waals surface area contributed by atoms with E-state index in [-0.39, 0.29) is 11.7 Å². The van der Waals surface area contributed by atoms with Gasteiger partial charge in [-0.1, -0.05) is 0 Å². The number of hydrogen-bond donors (Lipinski definition) is 1. The maximum Gasteiger partial charge on any atom is 0.251 e. The number of carbonyl (C=O) groups is 1. The van der Waals surface area contributed by atoms with E-state index in [1.165, 1.54) is 6.08 Å². The molecule has 1 aliphatic rings. The van der Waals surface area contributed by atoms with Crippen LogP contribution in [-0.4, -0.2) is 35.9 Å². The maximum atomic E-state index is 12.2. The third kappa shape index (κ3) is 3.34. The van der Waals surface area contributed by atoms with Crippen LogP contribution in [-0.2, 0) is 9.84 Å². The van der Waals surface area contributed by atoms with Crippen molar-refractivity contribution in [2.24, 2.45) is 0 Å². The van der Waals surface area contributed by atoms with Gasteiger partial charge in [0, 0.05) is 16.7 Å². The third-order valence-electron chi connectivity index (χ3n) is 3.63. The van der Waals surface area contributed by atoms with Gasteiger partial charge in [0.1, 0.15) is 0 Å². The van der Waals surface area contributed by atoms with E-state index < -0.39 is 15.9 Å². The van der Waals surface area contributed by atoms with Crippen LogP contribution in [0.1, 0.15) is 21.7 Å². The Morgan fingerprint density at radius 3 is 2.48 bits per heavy atom. The monoisotopic (exact) mass is 331 g/mol. The van der Waals surface area contributed by atoms with Crippen molar-refractivity contribution in [3.8, 4) is 5.69 Å². The predicted molar refractivity (Wildman–Crippen MR) is 87.2 cm³/mol.